The highest BCUT2D eigenvalue weighted by molar-refractivity contribution is 6.05. The number of hydrogen-bond donors (Lipinski definition) is 1. The summed E-state index contributed by atoms with van der Waals surface area (Å²) in [4.78, 5) is 28.9. The van der Waals surface area contributed by atoms with Crippen molar-refractivity contribution in [1.82, 2.24) is 9.55 Å². The number of rotatable bonds is 3. The van der Waals surface area contributed by atoms with Crippen LogP contribution in [0.2, 0.25) is 0 Å². The fourth-order valence-corrected chi connectivity index (χ4v) is 2.41. The van der Waals surface area contributed by atoms with Gasteiger partial charge in [-0.1, -0.05) is 6.07 Å². The zero-order valence-corrected chi connectivity index (χ0v) is 12.4. The number of nitrogens with zero attached hydrogens (tertiary/aromatic N) is 2. The van der Waals surface area contributed by atoms with Crippen LogP contribution in [-0.4, -0.2) is 15.5 Å². The van der Waals surface area contributed by atoms with E-state index in [1.54, 1.807) is 22.8 Å². The molecule has 0 unspecified atom stereocenters. The third-order valence-electron chi connectivity index (χ3n) is 3.53. The number of nitrogens with one attached hydrogen (secondary N) is 1. The van der Waals surface area contributed by atoms with Crippen molar-refractivity contribution in [3.8, 4) is 0 Å². The van der Waals surface area contributed by atoms with Gasteiger partial charge < -0.3 is 9.88 Å². The molecule has 5 nitrogen and oxygen atoms in total. The summed E-state index contributed by atoms with van der Waals surface area (Å²) in [5.74, 6) is -0.735. The molecule has 116 valence electrons. The number of benzene rings is 1. The summed E-state index contributed by atoms with van der Waals surface area (Å²) in [5.41, 5.74) is 0.0431. The zero-order chi connectivity index (χ0) is 16.4. The molecule has 0 saturated carbocycles. The number of pyridine rings is 2. The van der Waals surface area contributed by atoms with E-state index < -0.39 is 17.2 Å². The SMILES string of the molecule is CCn1cc(C(=O)Nc2ccccn2)c(=O)c2cc(F)ccc21. The van der Waals surface area contributed by atoms with Gasteiger partial charge in [0.2, 0.25) is 5.43 Å². The van der Waals surface area contributed by atoms with E-state index in [0.29, 0.717) is 17.9 Å². The van der Waals surface area contributed by atoms with Gasteiger partial charge in [-0.15, -0.1) is 0 Å². The maximum atomic E-state index is 13.5. The molecule has 0 fully saturated rings. The Labute approximate surface area is 131 Å². The van der Waals surface area contributed by atoms with E-state index in [1.165, 1.54) is 24.5 Å². The molecule has 3 rings (SSSR count). The van der Waals surface area contributed by atoms with Gasteiger partial charge in [0.1, 0.15) is 17.2 Å². The van der Waals surface area contributed by atoms with Crippen molar-refractivity contribution in [3.63, 3.8) is 0 Å². The number of aryl methyl sites for hydroxylation is 1. The van der Waals surface area contributed by atoms with Crippen LogP contribution in [0.15, 0.2) is 53.6 Å². The molecule has 0 bridgehead atoms. The summed E-state index contributed by atoms with van der Waals surface area (Å²) in [7, 11) is 0. The molecule has 1 aromatic carbocycles. The van der Waals surface area contributed by atoms with E-state index in [2.05, 4.69) is 10.3 Å². The standard InChI is InChI=1S/C17H14FN3O2/c1-2-21-10-13(17(23)20-15-5-3-4-8-19-15)16(22)12-9-11(18)6-7-14(12)21/h3-10H,2H2,1H3,(H,19,20,23). The van der Waals surface area contributed by atoms with Crippen LogP contribution in [0.25, 0.3) is 10.9 Å². The Morgan fingerprint density at radius 2 is 2.13 bits per heavy atom. The Balaban J connectivity index is 2.12. The first-order chi connectivity index (χ1) is 11.1. The molecule has 0 aliphatic rings. The van der Waals surface area contributed by atoms with Crippen molar-refractivity contribution in [3.05, 3.63) is 70.4 Å². The smallest absolute Gasteiger partial charge is 0.262 e. The monoisotopic (exact) mass is 311 g/mol. The minimum Gasteiger partial charge on any atom is -0.347 e. The van der Waals surface area contributed by atoms with Crippen LogP contribution in [-0.2, 0) is 6.54 Å². The van der Waals surface area contributed by atoms with Crippen LogP contribution in [0, 0.1) is 5.82 Å². The third-order valence-corrected chi connectivity index (χ3v) is 3.53. The molecule has 2 heterocycles. The molecular formula is C17H14FN3O2. The molecule has 2 aromatic heterocycles. The molecular weight excluding hydrogens is 297 g/mol. The molecule has 0 aliphatic heterocycles. The van der Waals surface area contributed by atoms with Crippen LogP contribution in [0.1, 0.15) is 17.3 Å². The third kappa shape index (κ3) is 2.83. The van der Waals surface area contributed by atoms with Crippen LogP contribution in [0.3, 0.4) is 0 Å². The van der Waals surface area contributed by atoms with Crippen LogP contribution in [0.5, 0.6) is 0 Å². The maximum absolute atomic E-state index is 13.5. The molecule has 1 amide bonds. The Kier molecular flexibility index (Phi) is 3.89. The summed E-state index contributed by atoms with van der Waals surface area (Å²) < 4.78 is 15.2. The van der Waals surface area contributed by atoms with E-state index >= 15 is 0 Å². The van der Waals surface area contributed by atoms with Crippen molar-refractivity contribution in [2.24, 2.45) is 0 Å². The fourth-order valence-electron chi connectivity index (χ4n) is 2.41. The van der Waals surface area contributed by atoms with Gasteiger partial charge in [-0.3, -0.25) is 9.59 Å². The highest BCUT2D eigenvalue weighted by Crippen LogP contribution is 2.14. The van der Waals surface area contributed by atoms with Crippen LogP contribution in [0.4, 0.5) is 10.2 Å². The lowest BCUT2D eigenvalue weighted by Gasteiger charge is -2.11. The van der Waals surface area contributed by atoms with Crippen molar-refractivity contribution >= 4 is 22.6 Å². The van der Waals surface area contributed by atoms with E-state index in [0.717, 1.165) is 6.07 Å². The lowest BCUT2D eigenvalue weighted by Crippen LogP contribution is -2.24. The summed E-state index contributed by atoms with van der Waals surface area (Å²) in [5, 5.41) is 2.75. The Bertz CT molecular complexity index is 936. The topological polar surface area (TPSA) is 64.0 Å². The van der Waals surface area contributed by atoms with E-state index in [-0.39, 0.29) is 10.9 Å². The average Bonchev–Trinajstić information content (AvgIpc) is 2.56. The van der Waals surface area contributed by atoms with Gasteiger partial charge in [-0.25, -0.2) is 9.37 Å². The summed E-state index contributed by atoms with van der Waals surface area (Å²) in [6.45, 7) is 2.43. The molecule has 6 heteroatoms. The van der Waals surface area contributed by atoms with E-state index in [4.69, 9.17) is 0 Å². The van der Waals surface area contributed by atoms with E-state index in [9.17, 15) is 14.0 Å². The van der Waals surface area contributed by atoms with E-state index in [1.807, 2.05) is 6.92 Å². The highest BCUT2D eigenvalue weighted by Gasteiger charge is 2.16. The quantitative estimate of drug-likeness (QED) is 0.809. The number of carbonyl (C=O) groups excluding carboxylic acids is 1. The Hall–Kier alpha value is -3.02. The second-order valence-electron chi connectivity index (χ2n) is 4.99. The number of carbonyl (C=O) groups is 1. The van der Waals surface area contributed by atoms with Gasteiger partial charge >= 0.3 is 0 Å². The predicted octanol–water partition coefficient (Wildman–Crippen LogP) is 2.81. The maximum Gasteiger partial charge on any atom is 0.262 e. The minimum absolute atomic E-state index is 0.0457. The second-order valence-corrected chi connectivity index (χ2v) is 4.99. The zero-order valence-electron chi connectivity index (χ0n) is 12.4. The van der Waals surface area contributed by atoms with Crippen molar-refractivity contribution < 1.29 is 9.18 Å². The van der Waals surface area contributed by atoms with Crippen LogP contribution >= 0.6 is 0 Å². The minimum atomic E-state index is -0.568. The number of fused-ring (bicyclic) bond motifs is 1. The molecule has 0 aliphatic carbocycles. The first kappa shape index (κ1) is 14.9. The van der Waals surface area contributed by atoms with Crippen LogP contribution < -0.4 is 10.7 Å². The first-order valence-corrected chi connectivity index (χ1v) is 7.15. The predicted molar refractivity (Wildman–Crippen MR) is 86.0 cm³/mol. The summed E-state index contributed by atoms with van der Waals surface area (Å²) >= 11 is 0. The molecule has 0 radical (unpaired) electrons. The van der Waals surface area contributed by atoms with Gasteiger partial charge in [-0.2, -0.15) is 0 Å². The van der Waals surface area contributed by atoms with Crippen molar-refractivity contribution in [1.29, 1.82) is 0 Å². The van der Waals surface area contributed by atoms with Gasteiger partial charge in [0.05, 0.1) is 5.52 Å². The molecule has 3 aromatic rings. The van der Waals surface area contributed by atoms with Gasteiger partial charge in [0, 0.05) is 24.3 Å². The largest absolute Gasteiger partial charge is 0.347 e. The molecule has 0 saturated heterocycles. The van der Waals surface area contributed by atoms with Gasteiger partial charge in [-0.05, 0) is 37.3 Å². The number of aromatic nitrogens is 2. The average molecular weight is 311 g/mol. The number of hydrogen-bond acceptors (Lipinski definition) is 3. The molecule has 0 atom stereocenters. The first-order valence-electron chi connectivity index (χ1n) is 7.15. The summed E-state index contributed by atoms with van der Waals surface area (Å²) in [6.07, 6.45) is 3.02. The fraction of sp³-hybridized carbons (Fsp3) is 0.118. The Morgan fingerprint density at radius 3 is 2.83 bits per heavy atom. The lowest BCUT2D eigenvalue weighted by atomic mass is 10.1. The van der Waals surface area contributed by atoms with Gasteiger partial charge in [0.15, 0.2) is 0 Å². The normalized spacial score (nSPS) is 10.7. The lowest BCUT2D eigenvalue weighted by molar-refractivity contribution is 0.102. The number of halogens is 1. The number of anilines is 1. The highest BCUT2D eigenvalue weighted by atomic mass is 19.1. The molecule has 1 N–H and O–H groups in total. The number of amides is 1. The Morgan fingerprint density at radius 1 is 1.30 bits per heavy atom. The summed E-state index contributed by atoms with van der Waals surface area (Å²) in [6, 6.07) is 9.05. The molecule has 0 spiro atoms. The van der Waals surface area contributed by atoms with Gasteiger partial charge in [0.25, 0.3) is 5.91 Å². The molecule has 23 heavy (non-hydrogen) atoms. The second kappa shape index (κ2) is 6.00. The van der Waals surface area contributed by atoms with Crippen molar-refractivity contribution in [2.75, 3.05) is 5.32 Å². The van der Waals surface area contributed by atoms with Crippen molar-refractivity contribution in [2.45, 2.75) is 13.5 Å².